The van der Waals surface area contributed by atoms with Gasteiger partial charge in [0.25, 0.3) is 11.8 Å². The number of rotatable bonds is 3. The van der Waals surface area contributed by atoms with Crippen LogP contribution in [0.15, 0.2) is 42.5 Å². The van der Waals surface area contributed by atoms with Gasteiger partial charge in [0.2, 0.25) is 5.91 Å². The minimum absolute atomic E-state index is 0.273. The van der Waals surface area contributed by atoms with Gasteiger partial charge in [-0.2, -0.15) is 0 Å². The fourth-order valence-electron chi connectivity index (χ4n) is 3.69. The second-order valence-electron chi connectivity index (χ2n) is 7.06. The summed E-state index contributed by atoms with van der Waals surface area (Å²) in [4.78, 5) is 42.2. The minimum Gasteiger partial charge on any atom is -0.366 e. The highest BCUT2D eigenvalue weighted by Crippen LogP contribution is 2.24. The third-order valence-electron chi connectivity index (χ3n) is 5.25. The summed E-state index contributed by atoms with van der Waals surface area (Å²) in [5, 5.41) is 0. The van der Waals surface area contributed by atoms with Crippen LogP contribution in [0.5, 0.6) is 0 Å². The number of piperazine rings is 1. The third-order valence-corrected chi connectivity index (χ3v) is 5.25. The number of nitrogens with zero attached hydrogens (tertiary/aromatic N) is 3. The van der Waals surface area contributed by atoms with E-state index < -0.39 is 11.8 Å². The summed E-state index contributed by atoms with van der Waals surface area (Å²) in [6.07, 6.45) is 0. The van der Waals surface area contributed by atoms with Crippen molar-refractivity contribution in [2.45, 2.75) is 6.92 Å². The molecule has 3 amide bonds. The molecule has 0 bridgehead atoms. The maximum atomic E-state index is 13.9. The van der Waals surface area contributed by atoms with Crippen molar-refractivity contribution in [3.8, 4) is 0 Å². The number of fused-ring (bicyclic) bond motifs is 1. The Bertz CT molecular complexity index is 967. The van der Waals surface area contributed by atoms with Crippen LogP contribution < -0.4 is 4.90 Å². The Morgan fingerprint density at radius 1 is 0.964 bits per heavy atom. The van der Waals surface area contributed by atoms with Gasteiger partial charge in [-0.05, 0) is 31.2 Å². The summed E-state index contributed by atoms with van der Waals surface area (Å²) in [5.41, 5.74) is 2.10. The van der Waals surface area contributed by atoms with Gasteiger partial charge < -0.3 is 9.80 Å². The van der Waals surface area contributed by atoms with E-state index in [4.69, 9.17) is 0 Å². The first-order valence-electron chi connectivity index (χ1n) is 9.20. The van der Waals surface area contributed by atoms with Crippen LogP contribution in [0.4, 0.5) is 10.1 Å². The second-order valence-corrected chi connectivity index (χ2v) is 7.06. The van der Waals surface area contributed by atoms with Gasteiger partial charge in [-0.15, -0.1) is 0 Å². The Morgan fingerprint density at radius 3 is 2.36 bits per heavy atom. The van der Waals surface area contributed by atoms with Crippen LogP contribution >= 0.6 is 0 Å². The van der Waals surface area contributed by atoms with E-state index in [-0.39, 0.29) is 18.3 Å². The van der Waals surface area contributed by atoms with Crippen LogP contribution in [0, 0.1) is 12.7 Å². The normalized spacial score (nSPS) is 16.6. The van der Waals surface area contributed by atoms with Crippen LogP contribution in [0.1, 0.15) is 26.3 Å². The van der Waals surface area contributed by atoms with Gasteiger partial charge in [-0.3, -0.25) is 19.3 Å². The number of halogens is 1. The average Bonchev–Trinajstić information content (AvgIpc) is 2.93. The summed E-state index contributed by atoms with van der Waals surface area (Å²) in [7, 11) is 0. The topological polar surface area (TPSA) is 60.9 Å². The molecule has 7 heteroatoms. The molecule has 0 saturated carbocycles. The maximum absolute atomic E-state index is 13.9. The fraction of sp³-hybridized carbons (Fsp3) is 0.286. The molecule has 0 spiro atoms. The van der Waals surface area contributed by atoms with Crippen molar-refractivity contribution >= 4 is 23.4 Å². The Labute approximate surface area is 162 Å². The van der Waals surface area contributed by atoms with Gasteiger partial charge in [-0.1, -0.05) is 23.8 Å². The lowest BCUT2D eigenvalue weighted by molar-refractivity contribution is -0.131. The largest absolute Gasteiger partial charge is 0.366 e. The van der Waals surface area contributed by atoms with Gasteiger partial charge in [0.05, 0.1) is 16.8 Å². The van der Waals surface area contributed by atoms with Crippen molar-refractivity contribution in [1.29, 1.82) is 0 Å². The molecule has 0 N–H and O–H groups in total. The van der Waals surface area contributed by atoms with Crippen LogP contribution in [-0.2, 0) is 4.79 Å². The second kappa shape index (κ2) is 7.07. The monoisotopic (exact) mass is 381 g/mol. The molecule has 2 aliphatic heterocycles. The number of para-hydroxylation sites is 1. The van der Waals surface area contributed by atoms with E-state index in [0.717, 1.165) is 10.5 Å². The van der Waals surface area contributed by atoms with Gasteiger partial charge in [-0.25, -0.2) is 4.39 Å². The van der Waals surface area contributed by atoms with Gasteiger partial charge >= 0.3 is 0 Å². The van der Waals surface area contributed by atoms with E-state index in [1.165, 1.54) is 6.07 Å². The van der Waals surface area contributed by atoms with E-state index in [0.29, 0.717) is 43.0 Å². The van der Waals surface area contributed by atoms with Crippen LogP contribution in [0.3, 0.4) is 0 Å². The SMILES string of the molecule is Cc1ccc2c(c1)C(=O)N(CC(=O)N1CCN(c3ccccc3F)CC1)C2=O. The van der Waals surface area contributed by atoms with Crippen molar-refractivity contribution < 1.29 is 18.8 Å². The zero-order valence-corrected chi connectivity index (χ0v) is 15.5. The fourth-order valence-corrected chi connectivity index (χ4v) is 3.69. The number of hydrogen-bond donors (Lipinski definition) is 0. The molecule has 6 nitrogen and oxygen atoms in total. The first kappa shape index (κ1) is 18.2. The number of amides is 3. The predicted molar refractivity (Wildman–Crippen MR) is 102 cm³/mol. The zero-order valence-electron chi connectivity index (χ0n) is 15.5. The number of hydrogen-bond acceptors (Lipinski definition) is 4. The molecule has 4 rings (SSSR count). The maximum Gasteiger partial charge on any atom is 0.262 e. The quantitative estimate of drug-likeness (QED) is 0.764. The van der Waals surface area contributed by atoms with E-state index in [1.54, 1.807) is 41.3 Å². The molecule has 2 heterocycles. The Morgan fingerprint density at radius 2 is 1.64 bits per heavy atom. The lowest BCUT2D eigenvalue weighted by Crippen LogP contribution is -2.52. The smallest absolute Gasteiger partial charge is 0.262 e. The molecular formula is C21H20FN3O3. The molecular weight excluding hydrogens is 361 g/mol. The Kier molecular flexibility index (Phi) is 4.58. The number of anilines is 1. The van der Waals surface area contributed by atoms with E-state index in [9.17, 15) is 18.8 Å². The number of imide groups is 1. The van der Waals surface area contributed by atoms with Gasteiger partial charge in [0.15, 0.2) is 0 Å². The summed E-state index contributed by atoms with van der Waals surface area (Å²) in [6.45, 7) is 3.39. The Hall–Kier alpha value is -3.22. The first-order valence-corrected chi connectivity index (χ1v) is 9.20. The molecule has 2 aromatic carbocycles. The van der Waals surface area contributed by atoms with Crippen LogP contribution in [-0.4, -0.2) is 60.2 Å². The van der Waals surface area contributed by atoms with Crippen molar-refractivity contribution in [3.63, 3.8) is 0 Å². The molecule has 1 fully saturated rings. The highest BCUT2D eigenvalue weighted by Gasteiger charge is 2.37. The number of carbonyl (C=O) groups excluding carboxylic acids is 3. The highest BCUT2D eigenvalue weighted by molar-refractivity contribution is 6.22. The Balaban J connectivity index is 1.40. The average molecular weight is 381 g/mol. The molecule has 0 unspecified atom stereocenters. The van der Waals surface area contributed by atoms with E-state index >= 15 is 0 Å². The molecule has 144 valence electrons. The minimum atomic E-state index is -0.432. The van der Waals surface area contributed by atoms with E-state index in [2.05, 4.69) is 0 Å². The third kappa shape index (κ3) is 3.13. The molecule has 0 atom stereocenters. The van der Waals surface area contributed by atoms with Crippen molar-refractivity contribution in [2.75, 3.05) is 37.6 Å². The predicted octanol–water partition coefficient (Wildman–Crippen LogP) is 2.08. The van der Waals surface area contributed by atoms with Crippen LogP contribution in [0.2, 0.25) is 0 Å². The number of carbonyl (C=O) groups is 3. The molecule has 0 aromatic heterocycles. The summed E-state index contributed by atoms with van der Waals surface area (Å²) >= 11 is 0. The molecule has 0 radical (unpaired) electrons. The van der Waals surface area contributed by atoms with E-state index in [1.807, 2.05) is 11.8 Å². The zero-order chi connectivity index (χ0) is 19.8. The van der Waals surface area contributed by atoms with Crippen molar-refractivity contribution in [1.82, 2.24) is 9.80 Å². The van der Waals surface area contributed by atoms with Gasteiger partial charge in [0.1, 0.15) is 12.4 Å². The molecule has 0 aliphatic carbocycles. The summed E-state index contributed by atoms with van der Waals surface area (Å²) < 4.78 is 13.9. The number of aryl methyl sites for hydroxylation is 1. The lowest BCUT2D eigenvalue weighted by atomic mass is 10.1. The standard InChI is InChI=1S/C21H20FN3O3/c1-14-6-7-15-16(12-14)21(28)25(20(15)27)13-19(26)24-10-8-23(9-11-24)18-5-3-2-4-17(18)22/h2-7,12H,8-11,13H2,1H3. The highest BCUT2D eigenvalue weighted by atomic mass is 19.1. The first-order chi connectivity index (χ1) is 13.5. The molecule has 28 heavy (non-hydrogen) atoms. The molecule has 1 saturated heterocycles. The summed E-state index contributed by atoms with van der Waals surface area (Å²) in [5.74, 6) is -1.43. The van der Waals surface area contributed by atoms with Gasteiger partial charge in [0, 0.05) is 26.2 Å². The molecule has 2 aromatic rings. The lowest BCUT2D eigenvalue weighted by Gasteiger charge is -2.36. The van der Waals surface area contributed by atoms with Crippen molar-refractivity contribution in [2.24, 2.45) is 0 Å². The van der Waals surface area contributed by atoms with Crippen LogP contribution in [0.25, 0.3) is 0 Å². The summed E-state index contributed by atoms with van der Waals surface area (Å²) in [6, 6.07) is 11.6. The number of benzene rings is 2. The molecule has 2 aliphatic rings. The van der Waals surface area contributed by atoms with Crippen molar-refractivity contribution in [3.05, 3.63) is 65.0 Å².